The molecule has 35 heavy (non-hydrogen) atoms. The zero-order chi connectivity index (χ0) is 25.3. The number of amides is 3. The predicted molar refractivity (Wildman–Crippen MR) is 132 cm³/mol. The van der Waals surface area contributed by atoms with Crippen LogP contribution in [-0.4, -0.2) is 55.5 Å². The van der Waals surface area contributed by atoms with Gasteiger partial charge in [0.15, 0.2) is 0 Å². The topological polar surface area (TPSA) is 104 Å². The van der Waals surface area contributed by atoms with E-state index < -0.39 is 33.8 Å². The summed E-state index contributed by atoms with van der Waals surface area (Å²) in [7, 11) is -1.13. The van der Waals surface area contributed by atoms with Crippen molar-refractivity contribution in [1.82, 2.24) is 9.21 Å². The molecule has 1 aliphatic heterocycles. The van der Waals surface area contributed by atoms with Crippen molar-refractivity contribution in [3.05, 3.63) is 94.5 Å². The minimum atomic E-state index is -3.87. The molecule has 4 rings (SSSR count). The van der Waals surface area contributed by atoms with Crippen molar-refractivity contribution in [2.24, 2.45) is 0 Å². The van der Waals surface area contributed by atoms with Gasteiger partial charge in [-0.2, -0.15) is 0 Å². The quantitative estimate of drug-likeness (QED) is 0.489. The molecule has 0 saturated carbocycles. The molecule has 0 radical (unpaired) electrons. The van der Waals surface area contributed by atoms with Gasteiger partial charge < -0.3 is 5.32 Å². The maximum absolute atomic E-state index is 13.5. The van der Waals surface area contributed by atoms with Crippen LogP contribution >= 0.6 is 11.6 Å². The van der Waals surface area contributed by atoms with Crippen LogP contribution in [0.15, 0.2) is 77.7 Å². The molecule has 3 aromatic carbocycles. The summed E-state index contributed by atoms with van der Waals surface area (Å²) in [6.07, 6.45) is 0.0780. The molecule has 1 heterocycles. The minimum Gasteiger partial charge on any atom is -0.324 e. The number of anilines is 1. The van der Waals surface area contributed by atoms with Crippen molar-refractivity contribution in [2.75, 3.05) is 19.4 Å². The monoisotopic (exact) mass is 511 g/mol. The molecule has 0 aromatic heterocycles. The van der Waals surface area contributed by atoms with Gasteiger partial charge in [-0.25, -0.2) is 12.7 Å². The predicted octanol–water partition coefficient (Wildman–Crippen LogP) is 3.44. The fraction of sp³-hybridized carbons (Fsp3) is 0.160. The number of halogens is 1. The molecular formula is C25H22ClN3O5S. The van der Waals surface area contributed by atoms with Crippen LogP contribution in [0.2, 0.25) is 5.02 Å². The number of nitrogens with one attached hydrogen (secondary N) is 1. The summed E-state index contributed by atoms with van der Waals surface area (Å²) in [5.74, 6) is -1.76. The number of benzene rings is 3. The summed E-state index contributed by atoms with van der Waals surface area (Å²) in [6.45, 7) is 0. The maximum Gasteiger partial charge on any atom is 0.262 e. The molecular weight excluding hydrogens is 490 g/mol. The number of carbonyl (C=O) groups is 3. The van der Waals surface area contributed by atoms with Gasteiger partial charge >= 0.3 is 0 Å². The number of sulfonamides is 1. The number of nitrogens with zero attached hydrogens (tertiary/aromatic N) is 2. The summed E-state index contributed by atoms with van der Waals surface area (Å²) >= 11 is 6.11. The molecule has 0 aliphatic carbocycles. The second kappa shape index (κ2) is 9.61. The first-order valence-corrected chi connectivity index (χ1v) is 12.5. The zero-order valence-electron chi connectivity index (χ0n) is 18.9. The van der Waals surface area contributed by atoms with Crippen LogP contribution in [0.4, 0.5) is 5.69 Å². The second-order valence-electron chi connectivity index (χ2n) is 8.15. The van der Waals surface area contributed by atoms with E-state index in [0.717, 1.165) is 14.8 Å². The second-order valence-corrected chi connectivity index (χ2v) is 10.7. The number of rotatable bonds is 7. The highest BCUT2D eigenvalue weighted by atomic mass is 35.5. The molecule has 0 spiro atoms. The molecule has 180 valence electrons. The van der Waals surface area contributed by atoms with Crippen molar-refractivity contribution in [2.45, 2.75) is 17.4 Å². The molecule has 0 saturated heterocycles. The largest absolute Gasteiger partial charge is 0.324 e. The Bertz CT molecular complexity index is 1390. The average Bonchev–Trinajstić information content (AvgIpc) is 3.09. The fourth-order valence-electron chi connectivity index (χ4n) is 3.83. The van der Waals surface area contributed by atoms with Crippen LogP contribution in [0, 0.1) is 0 Å². The molecule has 10 heteroatoms. The highest BCUT2D eigenvalue weighted by Crippen LogP contribution is 2.29. The third kappa shape index (κ3) is 4.70. The Morgan fingerprint density at radius 2 is 1.51 bits per heavy atom. The van der Waals surface area contributed by atoms with Crippen molar-refractivity contribution < 1.29 is 22.8 Å². The van der Waals surface area contributed by atoms with Gasteiger partial charge in [0.05, 0.1) is 16.1 Å². The van der Waals surface area contributed by atoms with E-state index in [-0.39, 0.29) is 33.2 Å². The Morgan fingerprint density at radius 3 is 2.09 bits per heavy atom. The number of fused-ring (bicyclic) bond motifs is 1. The molecule has 0 fully saturated rings. The van der Waals surface area contributed by atoms with Gasteiger partial charge in [-0.1, -0.05) is 54.1 Å². The molecule has 1 unspecified atom stereocenters. The molecule has 1 N–H and O–H groups in total. The van der Waals surface area contributed by atoms with Crippen molar-refractivity contribution in [3.63, 3.8) is 0 Å². The third-order valence-corrected chi connectivity index (χ3v) is 7.97. The maximum atomic E-state index is 13.5. The van der Waals surface area contributed by atoms with Crippen LogP contribution in [0.5, 0.6) is 0 Å². The minimum absolute atomic E-state index is 0.00196. The van der Waals surface area contributed by atoms with E-state index in [4.69, 9.17) is 11.6 Å². The van der Waals surface area contributed by atoms with E-state index in [1.807, 2.05) is 6.07 Å². The van der Waals surface area contributed by atoms with Gasteiger partial charge in [-0.05, 0) is 35.9 Å². The zero-order valence-corrected chi connectivity index (χ0v) is 20.5. The Kier molecular flexibility index (Phi) is 6.75. The van der Waals surface area contributed by atoms with Gasteiger partial charge in [0.25, 0.3) is 11.8 Å². The first-order chi connectivity index (χ1) is 16.6. The highest BCUT2D eigenvalue weighted by Gasteiger charge is 2.42. The van der Waals surface area contributed by atoms with E-state index >= 15 is 0 Å². The lowest BCUT2D eigenvalue weighted by atomic mass is 10.0. The fourth-order valence-corrected chi connectivity index (χ4v) is 5.22. The summed E-state index contributed by atoms with van der Waals surface area (Å²) in [6, 6.07) is 18.3. The Morgan fingerprint density at radius 1 is 0.943 bits per heavy atom. The molecule has 8 nitrogen and oxygen atoms in total. The van der Waals surface area contributed by atoms with Gasteiger partial charge in [0, 0.05) is 26.2 Å². The normalized spacial score (nSPS) is 14.2. The number of imide groups is 1. The highest BCUT2D eigenvalue weighted by molar-refractivity contribution is 7.89. The van der Waals surface area contributed by atoms with Crippen LogP contribution < -0.4 is 5.32 Å². The molecule has 3 aromatic rings. The molecule has 1 atom stereocenters. The van der Waals surface area contributed by atoms with E-state index in [9.17, 15) is 22.8 Å². The summed E-state index contributed by atoms with van der Waals surface area (Å²) in [5.41, 5.74) is 1.37. The smallest absolute Gasteiger partial charge is 0.262 e. The lowest BCUT2D eigenvalue weighted by Gasteiger charge is -2.26. The van der Waals surface area contributed by atoms with Crippen LogP contribution in [0.1, 0.15) is 26.3 Å². The van der Waals surface area contributed by atoms with E-state index in [1.54, 1.807) is 48.5 Å². The van der Waals surface area contributed by atoms with Crippen molar-refractivity contribution >= 4 is 45.0 Å². The lowest BCUT2D eigenvalue weighted by Crippen LogP contribution is -2.48. The van der Waals surface area contributed by atoms with Gasteiger partial charge in [-0.3, -0.25) is 19.3 Å². The number of carbonyl (C=O) groups excluding carboxylic acids is 3. The van der Waals surface area contributed by atoms with Gasteiger partial charge in [-0.15, -0.1) is 0 Å². The van der Waals surface area contributed by atoms with E-state index in [0.29, 0.717) is 0 Å². The lowest BCUT2D eigenvalue weighted by molar-refractivity contribution is -0.119. The Hall–Kier alpha value is -3.53. The van der Waals surface area contributed by atoms with Crippen molar-refractivity contribution in [3.8, 4) is 0 Å². The Labute approximate surface area is 208 Å². The molecule has 0 bridgehead atoms. The first kappa shape index (κ1) is 24.6. The molecule has 1 aliphatic rings. The van der Waals surface area contributed by atoms with Gasteiger partial charge in [0.1, 0.15) is 10.9 Å². The number of hydrogen-bond acceptors (Lipinski definition) is 5. The standard InChI is InChI=1S/C25H22ClN3O5S/c1-28(2)35(33,34)22-15-17(12-13-20(22)26)27-23(30)21(14-16-8-4-3-5-9-16)29-24(31)18-10-6-7-11-19(18)25(29)32/h3-13,15,21H,14H2,1-2H3,(H,27,30). The summed E-state index contributed by atoms with van der Waals surface area (Å²) < 4.78 is 26.2. The summed E-state index contributed by atoms with van der Waals surface area (Å²) in [5, 5.41) is 2.66. The molecule has 3 amide bonds. The van der Waals surface area contributed by atoms with Gasteiger partial charge in [0.2, 0.25) is 15.9 Å². The first-order valence-electron chi connectivity index (χ1n) is 10.6. The number of hydrogen-bond donors (Lipinski definition) is 1. The van der Waals surface area contributed by atoms with Crippen LogP contribution in [0.3, 0.4) is 0 Å². The van der Waals surface area contributed by atoms with E-state index in [1.165, 1.54) is 32.3 Å². The Balaban J connectivity index is 1.70. The van der Waals surface area contributed by atoms with Crippen molar-refractivity contribution in [1.29, 1.82) is 0 Å². The van der Waals surface area contributed by atoms with E-state index in [2.05, 4.69) is 5.32 Å². The van der Waals surface area contributed by atoms with Crippen LogP contribution in [-0.2, 0) is 21.2 Å². The average molecular weight is 512 g/mol. The van der Waals surface area contributed by atoms with Crippen LogP contribution in [0.25, 0.3) is 0 Å². The SMILES string of the molecule is CN(C)S(=O)(=O)c1cc(NC(=O)C(Cc2ccccc2)N2C(=O)c3ccccc3C2=O)ccc1Cl. The third-order valence-electron chi connectivity index (χ3n) is 5.67. The summed E-state index contributed by atoms with van der Waals surface area (Å²) in [4.78, 5) is 40.5.